The second-order valence-corrected chi connectivity index (χ2v) is 4.76. The van der Waals surface area contributed by atoms with E-state index in [1.165, 1.54) is 5.56 Å². The summed E-state index contributed by atoms with van der Waals surface area (Å²) < 4.78 is 1.91. The lowest BCUT2D eigenvalue weighted by Crippen LogP contribution is -2.25. The van der Waals surface area contributed by atoms with E-state index in [9.17, 15) is 4.79 Å². The highest BCUT2D eigenvalue weighted by Gasteiger charge is 2.15. The molecule has 0 aliphatic carbocycles. The van der Waals surface area contributed by atoms with E-state index in [2.05, 4.69) is 29.5 Å². The Labute approximate surface area is 119 Å². The van der Waals surface area contributed by atoms with E-state index in [-0.39, 0.29) is 5.91 Å². The van der Waals surface area contributed by atoms with Crippen molar-refractivity contribution in [3.8, 4) is 0 Å². The van der Waals surface area contributed by atoms with Crippen molar-refractivity contribution in [2.45, 2.75) is 33.2 Å². The number of rotatable bonds is 6. The summed E-state index contributed by atoms with van der Waals surface area (Å²) in [6, 6.07) is 10.2. The third-order valence-corrected chi connectivity index (χ3v) is 3.24. The lowest BCUT2D eigenvalue weighted by atomic mass is 10.1. The lowest BCUT2D eigenvalue weighted by molar-refractivity contribution is 0.0952. The topological polar surface area (TPSA) is 46.9 Å². The van der Waals surface area contributed by atoms with Crippen molar-refractivity contribution in [2.75, 3.05) is 6.54 Å². The zero-order valence-electron chi connectivity index (χ0n) is 12.1. The minimum atomic E-state index is -0.0250. The van der Waals surface area contributed by atoms with Gasteiger partial charge in [0.25, 0.3) is 5.91 Å². The van der Waals surface area contributed by atoms with Gasteiger partial charge in [-0.3, -0.25) is 9.48 Å². The van der Waals surface area contributed by atoms with Gasteiger partial charge in [0.05, 0.1) is 24.0 Å². The van der Waals surface area contributed by atoms with Crippen LogP contribution in [0.5, 0.6) is 0 Å². The van der Waals surface area contributed by atoms with Gasteiger partial charge in [-0.25, -0.2) is 0 Å². The molecule has 1 N–H and O–H groups in total. The summed E-state index contributed by atoms with van der Waals surface area (Å²) in [5.74, 6) is -0.0250. The molecule has 2 rings (SSSR count). The number of nitrogens with one attached hydrogen (secondary N) is 1. The highest BCUT2D eigenvalue weighted by molar-refractivity contribution is 5.95. The van der Waals surface area contributed by atoms with Crippen molar-refractivity contribution >= 4 is 5.91 Å². The molecule has 0 saturated heterocycles. The fourth-order valence-corrected chi connectivity index (χ4v) is 2.20. The SMILES string of the molecule is CCCNC(=O)c1cnn(Cc2ccccc2)c1CC. The number of nitrogens with zero attached hydrogens (tertiary/aromatic N) is 2. The molecule has 20 heavy (non-hydrogen) atoms. The van der Waals surface area contributed by atoms with Crippen LogP contribution >= 0.6 is 0 Å². The molecule has 0 aliphatic heterocycles. The van der Waals surface area contributed by atoms with Gasteiger partial charge in [-0.15, -0.1) is 0 Å². The fraction of sp³-hybridized carbons (Fsp3) is 0.375. The van der Waals surface area contributed by atoms with Gasteiger partial charge in [0.1, 0.15) is 0 Å². The van der Waals surface area contributed by atoms with Gasteiger partial charge < -0.3 is 5.32 Å². The molecule has 1 aromatic heterocycles. The maximum Gasteiger partial charge on any atom is 0.254 e. The second kappa shape index (κ2) is 6.89. The summed E-state index contributed by atoms with van der Waals surface area (Å²) in [6.07, 6.45) is 3.40. The van der Waals surface area contributed by atoms with Crippen LogP contribution in [-0.2, 0) is 13.0 Å². The minimum Gasteiger partial charge on any atom is -0.352 e. The first-order valence-electron chi connectivity index (χ1n) is 7.13. The Hall–Kier alpha value is -2.10. The molecule has 0 spiro atoms. The Morgan fingerprint density at radius 3 is 2.65 bits per heavy atom. The van der Waals surface area contributed by atoms with Crippen LogP contribution in [0.4, 0.5) is 0 Å². The highest BCUT2D eigenvalue weighted by Crippen LogP contribution is 2.12. The third kappa shape index (κ3) is 3.26. The van der Waals surface area contributed by atoms with Crippen LogP contribution in [0.2, 0.25) is 0 Å². The van der Waals surface area contributed by atoms with Crippen molar-refractivity contribution < 1.29 is 4.79 Å². The quantitative estimate of drug-likeness (QED) is 0.878. The zero-order chi connectivity index (χ0) is 14.4. The Morgan fingerprint density at radius 1 is 1.25 bits per heavy atom. The molecular weight excluding hydrogens is 250 g/mol. The van der Waals surface area contributed by atoms with Gasteiger partial charge in [-0.2, -0.15) is 5.10 Å². The van der Waals surface area contributed by atoms with Gasteiger partial charge in [0, 0.05) is 6.54 Å². The number of hydrogen-bond donors (Lipinski definition) is 1. The maximum atomic E-state index is 12.1. The third-order valence-electron chi connectivity index (χ3n) is 3.24. The molecule has 1 amide bonds. The molecule has 0 atom stereocenters. The van der Waals surface area contributed by atoms with E-state index < -0.39 is 0 Å². The smallest absolute Gasteiger partial charge is 0.254 e. The molecule has 1 aromatic carbocycles. The molecule has 4 nitrogen and oxygen atoms in total. The van der Waals surface area contributed by atoms with Crippen LogP contribution in [0.1, 0.15) is 41.9 Å². The standard InChI is InChI=1S/C16H21N3O/c1-3-10-17-16(20)14-11-18-19(15(14)4-2)12-13-8-6-5-7-9-13/h5-9,11H,3-4,10,12H2,1-2H3,(H,17,20). The van der Waals surface area contributed by atoms with E-state index in [0.29, 0.717) is 18.7 Å². The number of hydrogen-bond acceptors (Lipinski definition) is 2. The largest absolute Gasteiger partial charge is 0.352 e. The molecule has 0 radical (unpaired) electrons. The Morgan fingerprint density at radius 2 is 2.00 bits per heavy atom. The molecule has 2 aromatic rings. The van der Waals surface area contributed by atoms with Crippen molar-refractivity contribution in [3.05, 3.63) is 53.3 Å². The van der Waals surface area contributed by atoms with Crippen molar-refractivity contribution in [1.29, 1.82) is 0 Å². The summed E-state index contributed by atoms with van der Waals surface area (Å²) in [5.41, 5.74) is 2.87. The van der Waals surface area contributed by atoms with Crippen molar-refractivity contribution in [1.82, 2.24) is 15.1 Å². The number of aromatic nitrogens is 2. The van der Waals surface area contributed by atoms with Gasteiger partial charge in [0.15, 0.2) is 0 Å². The first-order valence-corrected chi connectivity index (χ1v) is 7.13. The molecule has 0 unspecified atom stereocenters. The van der Waals surface area contributed by atoms with Gasteiger partial charge in [-0.05, 0) is 18.4 Å². The average Bonchev–Trinajstić information content (AvgIpc) is 2.88. The zero-order valence-corrected chi connectivity index (χ0v) is 12.1. The molecule has 0 aliphatic rings. The Kier molecular flexibility index (Phi) is 4.93. The van der Waals surface area contributed by atoms with Crippen molar-refractivity contribution in [3.63, 3.8) is 0 Å². The van der Waals surface area contributed by atoms with E-state index in [1.807, 2.05) is 29.8 Å². The van der Waals surface area contributed by atoms with Gasteiger partial charge in [0.2, 0.25) is 0 Å². The number of amides is 1. The van der Waals surface area contributed by atoms with Crippen molar-refractivity contribution in [2.24, 2.45) is 0 Å². The summed E-state index contributed by atoms with van der Waals surface area (Å²) in [4.78, 5) is 12.1. The molecule has 4 heteroatoms. The van der Waals surface area contributed by atoms with E-state index in [1.54, 1.807) is 6.20 Å². The number of benzene rings is 1. The molecule has 0 bridgehead atoms. The summed E-state index contributed by atoms with van der Waals surface area (Å²) in [5, 5.41) is 7.28. The van der Waals surface area contributed by atoms with Crippen LogP contribution in [0, 0.1) is 0 Å². The normalized spacial score (nSPS) is 10.5. The minimum absolute atomic E-state index is 0.0250. The maximum absolute atomic E-state index is 12.1. The summed E-state index contributed by atoms with van der Waals surface area (Å²) >= 11 is 0. The van der Waals surface area contributed by atoms with Crippen LogP contribution in [-0.4, -0.2) is 22.2 Å². The van der Waals surface area contributed by atoms with Crippen LogP contribution < -0.4 is 5.32 Å². The molecule has 1 heterocycles. The number of carbonyl (C=O) groups is 1. The second-order valence-electron chi connectivity index (χ2n) is 4.76. The fourth-order valence-electron chi connectivity index (χ4n) is 2.20. The predicted molar refractivity (Wildman–Crippen MR) is 79.8 cm³/mol. The Balaban J connectivity index is 2.19. The highest BCUT2D eigenvalue weighted by atomic mass is 16.1. The van der Waals surface area contributed by atoms with Crippen LogP contribution in [0.25, 0.3) is 0 Å². The average molecular weight is 271 g/mol. The van der Waals surface area contributed by atoms with E-state index in [4.69, 9.17) is 0 Å². The number of carbonyl (C=O) groups excluding carboxylic acids is 1. The molecule has 106 valence electrons. The lowest BCUT2D eigenvalue weighted by Gasteiger charge is -2.08. The van der Waals surface area contributed by atoms with Gasteiger partial charge in [-0.1, -0.05) is 44.2 Å². The summed E-state index contributed by atoms with van der Waals surface area (Å²) in [7, 11) is 0. The summed E-state index contributed by atoms with van der Waals surface area (Å²) in [6.45, 7) is 5.49. The van der Waals surface area contributed by atoms with E-state index in [0.717, 1.165) is 18.5 Å². The van der Waals surface area contributed by atoms with Crippen LogP contribution in [0.15, 0.2) is 36.5 Å². The van der Waals surface area contributed by atoms with Crippen LogP contribution in [0.3, 0.4) is 0 Å². The predicted octanol–water partition coefficient (Wildman–Crippen LogP) is 2.63. The Bertz CT molecular complexity index is 560. The first kappa shape index (κ1) is 14.3. The first-order chi connectivity index (χ1) is 9.76. The monoisotopic (exact) mass is 271 g/mol. The van der Waals surface area contributed by atoms with E-state index >= 15 is 0 Å². The molecular formula is C16H21N3O. The molecule has 0 fully saturated rings. The molecule has 0 saturated carbocycles. The van der Waals surface area contributed by atoms with Gasteiger partial charge >= 0.3 is 0 Å².